The van der Waals surface area contributed by atoms with Crippen molar-refractivity contribution < 1.29 is 46.2 Å². The van der Waals surface area contributed by atoms with E-state index < -0.39 is 16.6 Å². The Bertz CT molecular complexity index is 1890. The number of ether oxygens (including phenoxy) is 5. The number of nitrogens with two attached hydrogens (primary N) is 1. The third-order valence-electron chi connectivity index (χ3n) is 8.81. The van der Waals surface area contributed by atoms with Crippen LogP contribution < -0.4 is 11.1 Å². The lowest BCUT2D eigenvalue weighted by atomic mass is 10.1. The van der Waals surface area contributed by atoms with Crippen LogP contribution in [0.4, 0.5) is 21.1 Å². The number of fused-ring (bicyclic) bond motifs is 1. The molecule has 0 spiro atoms. The van der Waals surface area contributed by atoms with E-state index in [2.05, 4.69) is 39.0 Å². The van der Waals surface area contributed by atoms with Gasteiger partial charge in [-0.05, 0) is 82.9 Å². The molecular weight excluding hydrogens is 761 g/mol. The molecule has 1 aromatic carbocycles. The minimum Gasteiger partial charge on any atom is -0.450 e. The Morgan fingerprint density at radius 2 is 1.35 bits per heavy atom. The van der Waals surface area contributed by atoms with Gasteiger partial charge in [0.15, 0.2) is 5.65 Å². The van der Waals surface area contributed by atoms with Crippen LogP contribution in [0.25, 0.3) is 11.2 Å². The number of nitrogens with zero attached hydrogens (tertiary/aromatic N) is 6. The lowest BCUT2D eigenvalue weighted by molar-refractivity contribution is -0.252. The number of aromatic nitrogens is 4. The lowest BCUT2D eigenvalue weighted by Gasteiger charge is -2.32. The first kappa shape index (κ1) is 46.3. The van der Waals surface area contributed by atoms with Crippen molar-refractivity contribution in [1.82, 2.24) is 29.3 Å². The highest BCUT2D eigenvalue weighted by molar-refractivity contribution is 7.85. The number of nitrogen functional groups attached to an aromatic ring is 1. The van der Waals surface area contributed by atoms with Gasteiger partial charge in [0, 0.05) is 72.0 Å². The Kier molecular flexibility index (Phi) is 19.4. The number of rotatable bonds is 9. The number of hydrogen-bond donors (Lipinski definition) is 3. The maximum Gasteiger partial charge on any atom is 0.409 e. The molecule has 0 aliphatic carbocycles. The van der Waals surface area contributed by atoms with Crippen molar-refractivity contribution in [1.29, 1.82) is 0 Å². The number of anilines is 2. The van der Waals surface area contributed by atoms with E-state index >= 15 is 0 Å². The number of hydrogen-bond acceptors (Lipinski definition) is 14. The van der Waals surface area contributed by atoms with Gasteiger partial charge in [-0.15, -0.1) is 0 Å². The maximum atomic E-state index is 11.7. The number of nitrogens with one attached hydrogen (secondary N) is 1. The van der Waals surface area contributed by atoms with Crippen LogP contribution in [0.15, 0.2) is 72.1 Å². The number of benzene rings is 1. The molecule has 5 heterocycles. The zero-order valence-electron chi connectivity index (χ0n) is 33.4. The summed E-state index contributed by atoms with van der Waals surface area (Å²) < 4.78 is 55.5. The highest BCUT2D eigenvalue weighted by Gasteiger charge is 2.26. The maximum absolute atomic E-state index is 11.7. The summed E-state index contributed by atoms with van der Waals surface area (Å²) in [4.78, 5) is 39.7. The number of carbonyl (C=O) groups excluding carboxylic acids is 2. The standard InChI is InChI=1S/C14H18N4O2.C13H20N4O2.C7H8O3S.C4H10O3/c1-2-20-14(19)17-8-5-11(6-9-17)18-10-16-12-4-3-7-15-13(12)18;1-2-19-13(18)17-8-5-10(6-9-17)16-12-11(14)4-3-7-15-12;1-6-2-4-7(5-3-6)11(8,9)10;1-5-4(6-2)7-3/h3-4,7,10-11H,2,5-6,8-9H2,1H3;3-4,7,10H,2,5-6,8-9,14H2,1H3,(H,15,16);2-5H,1H3,(H,8,9,10);4H,1-3H3. The molecule has 2 saturated heterocycles. The number of piperidine rings is 2. The van der Waals surface area contributed by atoms with Gasteiger partial charge < -0.3 is 49.1 Å². The van der Waals surface area contributed by atoms with Gasteiger partial charge in [-0.3, -0.25) is 4.55 Å². The fourth-order valence-corrected chi connectivity index (χ4v) is 6.31. The summed E-state index contributed by atoms with van der Waals surface area (Å²) in [6, 6.07) is 14.1. The van der Waals surface area contributed by atoms with Crippen LogP contribution in [0.1, 0.15) is 51.1 Å². The average molecular weight is 817 g/mol. The first-order valence-corrected chi connectivity index (χ1v) is 20.0. The quantitative estimate of drug-likeness (QED) is 0.143. The summed E-state index contributed by atoms with van der Waals surface area (Å²) in [5.74, 6) is 0.720. The van der Waals surface area contributed by atoms with E-state index in [1.54, 1.807) is 34.3 Å². The Morgan fingerprint density at radius 3 is 1.84 bits per heavy atom. The van der Waals surface area contributed by atoms with Crippen molar-refractivity contribution in [2.24, 2.45) is 0 Å². The molecule has 0 saturated carbocycles. The monoisotopic (exact) mass is 816 g/mol. The van der Waals surface area contributed by atoms with Gasteiger partial charge in [0.25, 0.3) is 16.6 Å². The normalized spacial score (nSPS) is 14.7. The molecule has 18 nitrogen and oxygen atoms in total. The fraction of sp³-hybridized carbons (Fsp3) is 0.500. The lowest BCUT2D eigenvalue weighted by Crippen LogP contribution is -2.42. The number of carbonyl (C=O) groups is 2. The van der Waals surface area contributed by atoms with Crippen LogP contribution >= 0.6 is 0 Å². The van der Waals surface area contributed by atoms with Gasteiger partial charge in [-0.1, -0.05) is 17.7 Å². The molecule has 0 atom stereocenters. The highest BCUT2D eigenvalue weighted by atomic mass is 32.2. The summed E-state index contributed by atoms with van der Waals surface area (Å²) in [6.45, 7) is 8.65. The van der Waals surface area contributed by atoms with Gasteiger partial charge in [-0.25, -0.2) is 24.5 Å². The summed E-state index contributed by atoms with van der Waals surface area (Å²) in [7, 11) is 0.515. The number of amides is 2. The van der Waals surface area contributed by atoms with E-state index in [4.69, 9.17) is 19.8 Å². The van der Waals surface area contributed by atoms with Gasteiger partial charge in [-0.2, -0.15) is 8.42 Å². The third kappa shape index (κ3) is 15.1. The molecule has 2 fully saturated rings. The fourth-order valence-electron chi connectivity index (χ4n) is 5.83. The van der Waals surface area contributed by atoms with E-state index in [-0.39, 0.29) is 17.1 Å². The second-order valence-corrected chi connectivity index (χ2v) is 14.2. The summed E-state index contributed by atoms with van der Waals surface area (Å²) >= 11 is 0. The molecule has 3 aromatic heterocycles. The largest absolute Gasteiger partial charge is 0.450 e. The van der Waals surface area contributed by atoms with Crippen molar-refractivity contribution in [3.63, 3.8) is 0 Å². The summed E-state index contributed by atoms with van der Waals surface area (Å²) in [6.07, 6.45) is 8.46. The molecule has 19 heteroatoms. The van der Waals surface area contributed by atoms with Crippen molar-refractivity contribution >= 4 is 45.0 Å². The Balaban J connectivity index is 0.000000218. The molecule has 57 heavy (non-hydrogen) atoms. The first-order chi connectivity index (χ1) is 27.3. The zero-order valence-corrected chi connectivity index (χ0v) is 34.3. The SMILES string of the molecule is CCOC(=O)N1CCC(Nc2ncccc2N)CC1.CCOC(=O)N1CCC(n2cnc3cccnc32)CC1.COC(OC)OC.Cc1ccc(S(=O)(=O)O)cc1. The number of imidazole rings is 1. The zero-order chi connectivity index (χ0) is 41.8. The van der Waals surface area contributed by atoms with Gasteiger partial charge in [0.2, 0.25) is 0 Å². The van der Waals surface area contributed by atoms with Crippen molar-refractivity contribution in [3.8, 4) is 0 Å². The van der Waals surface area contributed by atoms with Crippen molar-refractivity contribution in [3.05, 3.63) is 72.8 Å². The first-order valence-electron chi connectivity index (χ1n) is 18.5. The molecule has 314 valence electrons. The molecule has 4 aromatic rings. The Hall–Kier alpha value is -5.08. The van der Waals surface area contributed by atoms with Crippen LogP contribution in [0.5, 0.6) is 0 Å². The van der Waals surface area contributed by atoms with E-state index in [1.807, 2.05) is 51.4 Å². The average Bonchev–Trinajstić information content (AvgIpc) is 3.65. The molecular formula is C38H56N8O10S. The molecule has 2 amide bonds. The molecule has 0 bridgehead atoms. The predicted octanol–water partition coefficient (Wildman–Crippen LogP) is 5.37. The second kappa shape index (κ2) is 23.9. The van der Waals surface area contributed by atoms with E-state index in [0.29, 0.717) is 44.1 Å². The van der Waals surface area contributed by atoms with E-state index in [9.17, 15) is 18.0 Å². The molecule has 2 aliphatic rings. The second-order valence-electron chi connectivity index (χ2n) is 12.7. The van der Waals surface area contributed by atoms with Crippen molar-refractivity contribution in [2.45, 2.75) is 69.9 Å². The number of pyridine rings is 2. The highest BCUT2D eigenvalue weighted by Crippen LogP contribution is 2.26. The van der Waals surface area contributed by atoms with Crippen molar-refractivity contribution in [2.75, 3.05) is 71.8 Å². The molecule has 0 unspecified atom stereocenters. The van der Waals surface area contributed by atoms with Crippen LogP contribution in [0, 0.1) is 6.92 Å². The molecule has 0 radical (unpaired) electrons. The van der Waals surface area contributed by atoms with Crippen LogP contribution in [-0.2, 0) is 33.8 Å². The van der Waals surface area contributed by atoms with Gasteiger partial charge >= 0.3 is 12.2 Å². The molecule has 2 aliphatic heterocycles. The van der Waals surface area contributed by atoms with Gasteiger partial charge in [0.1, 0.15) is 11.3 Å². The van der Waals surface area contributed by atoms with Crippen LogP contribution in [-0.4, -0.2) is 128 Å². The van der Waals surface area contributed by atoms with Gasteiger partial charge in [0.05, 0.1) is 30.1 Å². The van der Waals surface area contributed by atoms with E-state index in [0.717, 1.165) is 61.3 Å². The minimum atomic E-state index is -4.02. The molecule has 4 N–H and O–H groups in total. The Morgan fingerprint density at radius 1 is 0.825 bits per heavy atom. The predicted molar refractivity (Wildman–Crippen MR) is 214 cm³/mol. The Labute approximate surface area is 334 Å². The summed E-state index contributed by atoms with van der Waals surface area (Å²) in [5.41, 5.74) is 9.28. The van der Waals surface area contributed by atoms with Crippen LogP contribution in [0.3, 0.4) is 0 Å². The third-order valence-corrected chi connectivity index (χ3v) is 9.68. The smallest absolute Gasteiger partial charge is 0.409 e. The number of methoxy groups -OCH3 is 3. The van der Waals surface area contributed by atoms with E-state index in [1.165, 1.54) is 33.5 Å². The summed E-state index contributed by atoms with van der Waals surface area (Å²) in [5, 5.41) is 3.33. The van der Waals surface area contributed by atoms with Crippen LogP contribution in [0.2, 0.25) is 0 Å². The topological polar surface area (TPSA) is 223 Å². The molecule has 6 rings (SSSR count). The minimum absolute atomic E-state index is 0.0666. The number of aryl methyl sites for hydroxylation is 1. The number of likely N-dealkylation sites (tertiary alicyclic amines) is 2.